The number of benzene rings is 1. The Hall–Kier alpha value is -1.16. The highest BCUT2D eigenvalue weighted by molar-refractivity contribution is 9.10. The van der Waals surface area contributed by atoms with Crippen molar-refractivity contribution in [3.05, 3.63) is 40.4 Å². The molecule has 0 bridgehead atoms. The SMILES string of the molecule is Cc1cc(Br)c(F)cc1-c1cnn(C)c1. The second-order valence-electron chi connectivity index (χ2n) is 3.48. The smallest absolute Gasteiger partial charge is 0.138 e. The summed E-state index contributed by atoms with van der Waals surface area (Å²) in [7, 11) is 1.84. The second kappa shape index (κ2) is 3.77. The number of nitrogens with zero attached hydrogens (tertiary/aromatic N) is 2. The Labute approximate surface area is 95.9 Å². The molecular weight excluding hydrogens is 259 g/mol. The van der Waals surface area contributed by atoms with Crippen molar-refractivity contribution in [2.24, 2.45) is 7.05 Å². The molecule has 1 heterocycles. The number of rotatable bonds is 1. The molecule has 0 saturated carbocycles. The normalized spacial score (nSPS) is 10.7. The molecule has 2 nitrogen and oxygen atoms in total. The molecule has 15 heavy (non-hydrogen) atoms. The Bertz CT molecular complexity index is 505. The summed E-state index contributed by atoms with van der Waals surface area (Å²) in [5, 5.41) is 4.07. The van der Waals surface area contributed by atoms with Crippen molar-refractivity contribution in [3.8, 4) is 11.1 Å². The highest BCUT2D eigenvalue weighted by Crippen LogP contribution is 2.27. The molecular formula is C11H10BrFN2. The maximum Gasteiger partial charge on any atom is 0.138 e. The monoisotopic (exact) mass is 268 g/mol. The van der Waals surface area contributed by atoms with Crippen LogP contribution < -0.4 is 0 Å². The largest absolute Gasteiger partial charge is 0.275 e. The van der Waals surface area contributed by atoms with Gasteiger partial charge in [-0.2, -0.15) is 5.10 Å². The summed E-state index contributed by atoms with van der Waals surface area (Å²) < 4.78 is 15.6. The maximum atomic E-state index is 13.4. The van der Waals surface area contributed by atoms with Crippen LogP contribution in [-0.4, -0.2) is 9.78 Å². The number of aryl methyl sites for hydroxylation is 2. The van der Waals surface area contributed by atoms with Gasteiger partial charge in [-0.1, -0.05) is 0 Å². The van der Waals surface area contributed by atoms with E-state index in [-0.39, 0.29) is 5.82 Å². The van der Waals surface area contributed by atoms with Crippen molar-refractivity contribution in [2.75, 3.05) is 0 Å². The van der Waals surface area contributed by atoms with Gasteiger partial charge in [0.15, 0.2) is 0 Å². The van der Waals surface area contributed by atoms with E-state index in [1.165, 1.54) is 6.07 Å². The third kappa shape index (κ3) is 1.95. The van der Waals surface area contributed by atoms with E-state index in [4.69, 9.17) is 0 Å². The van der Waals surface area contributed by atoms with Gasteiger partial charge in [0.05, 0.1) is 10.7 Å². The van der Waals surface area contributed by atoms with Crippen LogP contribution in [-0.2, 0) is 7.05 Å². The van der Waals surface area contributed by atoms with Crippen molar-refractivity contribution in [1.29, 1.82) is 0 Å². The van der Waals surface area contributed by atoms with E-state index in [0.717, 1.165) is 16.7 Å². The van der Waals surface area contributed by atoms with Crippen LogP contribution in [0.15, 0.2) is 29.0 Å². The van der Waals surface area contributed by atoms with Crippen LogP contribution in [0.25, 0.3) is 11.1 Å². The summed E-state index contributed by atoms with van der Waals surface area (Å²) in [5.74, 6) is -0.251. The molecule has 0 aliphatic carbocycles. The average Bonchev–Trinajstić information content (AvgIpc) is 2.58. The van der Waals surface area contributed by atoms with Gasteiger partial charge in [-0.05, 0) is 46.1 Å². The van der Waals surface area contributed by atoms with Gasteiger partial charge in [0.25, 0.3) is 0 Å². The van der Waals surface area contributed by atoms with E-state index in [2.05, 4.69) is 21.0 Å². The van der Waals surface area contributed by atoms with Crippen LogP contribution in [0.4, 0.5) is 4.39 Å². The van der Waals surface area contributed by atoms with Gasteiger partial charge in [0.1, 0.15) is 5.82 Å². The Morgan fingerprint density at radius 1 is 1.40 bits per heavy atom. The molecule has 0 aliphatic rings. The number of hydrogen-bond acceptors (Lipinski definition) is 1. The number of aromatic nitrogens is 2. The van der Waals surface area contributed by atoms with Crippen LogP contribution in [0.3, 0.4) is 0 Å². The first-order valence-electron chi connectivity index (χ1n) is 4.52. The predicted molar refractivity (Wildman–Crippen MR) is 61.0 cm³/mol. The van der Waals surface area contributed by atoms with Gasteiger partial charge in [-0.15, -0.1) is 0 Å². The highest BCUT2D eigenvalue weighted by atomic mass is 79.9. The fourth-order valence-electron chi connectivity index (χ4n) is 1.52. The Morgan fingerprint density at radius 3 is 2.73 bits per heavy atom. The van der Waals surface area contributed by atoms with E-state index in [1.807, 2.05) is 20.2 Å². The zero-order valence-electron chi connectivity index (χ0n) is 8.46. The molecule has 0 atom stereocenters. The third-order valence-corrected chi connectivity index (χ3v) is 2.89. The first kappa shape index (κ1) is 10.4. The molecule has 0 amide bonds. The van der Waals surface area contributed by atoms with Crippen LogP contribution in [0.5, 0.6) is 0 Å². The molecule has 2 aromatic rings. The Morgan fingerprint density at radius 2 is 2.13 bits per heavy atom. The summed E-state index contributed by atoms with van der Waals surface area (Å²) in [6.07, 6.45) is 3.60. The lowest BCUT2D eigenvalue weighted by Gasteiger charge is -2.04. The van der Waals surface area contributed by atoms with E-state index >= 15 is 0 Å². The lowest BCUT2D eigenvalue weighted by molar-refractivity contribution is 0.621. The van der Waals surface area contributed by atoms with E-state index < -0.39 is 0 Å². The van der Waals surface area contributed by atoms with Crippen molar-refractivity contribution in [1.82, 2.24) is 9.78 Å². The molecule has 4 heteroatoms. The van der Waals surface area contributed by atoms with Crippen molar-refractivity contribution in [3.63, 3.8) is 0 Å². The minimum absolute atomic E-state index is 0.251. The molecule has 2 rings (SSSR count). The van der Waals surface area contributed by atoms with Gasteiger partial charge in [0.2, 0.25) is 0 Å². The molecule has 0 saturated heterocycles. The van der Waals surface area contributed by atoms with Crippen LogP contribution in [0, 0.1) is 12.7 Å². The number of halogens is 2. The first-order valence-corrected chi connectivity index (χ1v) is 5.32. The zero-order valence-corrected chi connectivity index (χ0v) is 10.0. The minimum atomic E-state index is -0.251. The minimum Gasteiger partial charge on any atom is -0.275 e. The number of hydrogen-bond donors (Lipinski definition) is 0. The highest BCUT2D eigenvalue weighted by Gasteiger charge is 2.08. The topological polar surface area (TPSA) is 17.8 Å². The Balaban J connectivity index is 2.58. The maximum absolute atomic E-state index is 13.4. The van der Waals surface area contributed by atoms with Crippen molar-refractivity contribution >= 4 is 15.9 Å². The van der Waals surface area contributed by atoms with E-state index in [1.54, 1.807) is 16.9 Å². The standard InChI is InChI=1S/C11H10BrFN2/c1-7-3-10(12)11(13)4-9(7)8-5-14-15(2)6-8/h3-6H,1-2H3. The lowest BCUT2D eigenvalue weighted by atomic mass is 10.0. The lowest BCUT2D eigenvalue weighted by Crippen LogP contribution is -1.87. The Kier molecular flexibility index (Phi) is 2.61. The van der Waals surface area contributed by atoms with Crippen LogP contribution >= 0.6 is 15.9 Å². The van der Waals surface area contributed by atoms with Gasteiger partial charge in [0, 0.05) is 18.8 Å². The second-order valence-corrected chi connectivity index (χ2v) is 4.34. The van der Waals surface area contributed by atoms with Gasteiger partial charge in [-0.3, -0.25) is 4.68 Å². The summed E-state index contributed by atoms with van der Waals surface area (Å²) in [6, 6.07) is 3.30. The molecule has 0 aliphatic heterocycles. The summed E-state index contributed by atoms with van der Waals surface area (Å²) in [4.78, 5) is 0. The van der Waals surface area contributed by atoms with Gasteiger partial charge in [-0.25, -0.2) is 4.39 Å². The van der Waals surface area contributed by atoms with E-state index in [9.17, 15) is 4.39 Å². The summed E-state index contributed by atoms with van der Waals surface area (Å²) >= 11 is 3.16. The van der Waals surface area contributed by atoms with Gasteiger partial charge < -0.3 is 0 Å². The summed E-state index contributed by atoms with van der Waals surface area (Å²) in [6.45, 7) is 1.95. The van der Waals surface area contributed by atoms with Crippen molar-refractivity contribution < 1.29 is 4.39 Å². The molecule has 0 spiro atoms. The van der Waals surface area contributed by atoms with Gasteiger partial charge >= 0.3 is 0 Å². The third-order valence-electron chi connectivity index (χ3n) is 2.28. The first-order chi connectivity index (χ1) is 7.08. The zero-order chi connectivity index (χ0) is 11.0. The van der Waals surface area contributed by atoms with Crippen LogP contribution in [0.1, 0.15) is 5.56 Å². The van der Waals surface area contributed by atoms with Crippen LogP contribution in [0.2, 0.25) is 0 Å². The van der Waals surface area contributed by atoms with E-state index in [0.29, 0.717) is 4.47 Å². The molecule has 0 N–H and O–H groups in total. The molecule has 0 fully saturated rings. The predicted octanol–water partition coefficient (Wildman–Crippen LogP) is 3.30. The van der Waals surface area contributed by atoms with Crippen molar-refractivity contribution in [2.45, 2.75) is 6.92 Å². The molecule has 0 radical (unpaired) electrons. The fourth-order valence-corrected chi connectivity index (χ4v) is 1.98. The summed E-state index contributed by atoms with van der Waals surface area (Å²) in [5.41, 5.74) is 2.83. The molecule has 78 valence electrons. The molecule has 1 aromatic carbocycles. The molecule has 0 unspecified atom stereocenters. The quantitative estimate of drug-likeness (QED) is 0.776. The fraction of sp³-hybridized carbons (Fsp3) is 0.182. The molecule has 1 aromatic heterocycles. The average molecular weight is 269 g/mol.